The van der Waals surface area contributed by atoms with E-state index in [-0.39, 0.29) is 0 Å². The summed E-state index contributed by atoms with van der Waals surface area (Å²) in [4.78, 5) is 10.9. The largest absolute Gasteiger partial charge is 0.294 e. The first-order valence-electron chi connectivity index (χ1n) is 18.6. The Morgan fingerprint density at radius 1 is 0.327 bits per heavy atom. The van der Waals surface area contributed by atoms with Gasteiger partial charge in [0.1, 0.15) is 17.2 Å². The molecule has 0 unspecified atom stereocenters. The van der Waals surface area contributed by atoms with Gasteiger partial charge in [-0.1, -0.05) is 146 Å². The third-order valence-electron chi connectivity index (χ3n) is 10.6. The van der Waals surface area contributed by atoms with Crippen LogP contribution in [0.1, 0.15) is 0 Å². The number of aromatic nitrogens is 5. The van der Waals surface area contributed by atoms with Gasteiger partial charge in [0.25, 0.3) is 0 Å². The van der Waals surface area contributed by atoms with Gasteiger partial charge in [0.15, 0.2) is 5.65 Å². The standard InChI is InChI=1S/C50H33N5/c1-6-18-34(19-7-1)37-30-43(35-20-8-2-9-21-35)51-47(31-37)55-44-29-17-16-28-40(44)41-32-46-42(33-45(41)55)48-50(53(46)38-24-12-4-13-25-38)52-49(36-22-10-3-11-23-36)54(48)39-26-14-5-15-27-39/h1-33H. The monoisotopic (exact) mass is 703 g/mol. The van der Waals surface area contributed by atoms with Gasteiger partial charge in [-0.05, 0) is 65.7 Å². The van der Waals surface area contributed by atoms with E-state index in [0.29, 0.717) is 0 Å². The molecule has 0 saturated heterocycles. The first-order valence-corrected chi connectivity index (χ1v) is 18.6. The minimum absolute atomic E-state index is 0.867. The van der Waals surface area contributed by atoms with Crippen molar-refractivity contribution in [2.75, 3.05) is 0 Å². The van der Waals surface area contributed by atoms with Crippen LogP contribution >= 0.6 is 0 Å². The van der Waals surface area contributed by atoms with Crippen LogP contribution in [-0.2, 0) is 0 Å². The molecule has 0 bridgehead atoms. The molecule has 11 rings (SSSR count). The van der Waals surface area contributed by atoms with Gasteiger partial charge in [-0.3, -0.25) is 13.7 Å². The van der Waals surface area contributed by atoms with Gasteiger partial charge < -0.3 is 0 Å². The SMILES string of the molecule is c1ccc(-c2cc(-c3ccccc3)nc(-n3c4ccccc4c4cc5c(cc43)c3c(nc(-c4ccccc4)n3-c3ccccc3)n5-c3ccccc3)c2)cc1. The second kappa shape index (κ2) is 12.6. The van der Waals surface area contributed by atoms with Crippen LogP contribution in [0.5, 0.6) is 0 Å². The summed E-state index contributed by atoms with van der Waals surface area (Å²) in [5.74, 6) is 1.76. The number of benzene rings is 7. The van der Waals surface area contributed by atoms with Crippen LogP contribution in [0.25, 0.3) is 94.8 Å². The predicted molar refractivity (Wildman–Crippen MR) is 226 cm³/mol. The van der Waals surface area contributed by atoms with Crippen LogP contribution in [0.15, 0.2) is 200 Å². The maximum Gasteiger partial charge on any atom is 0.165 e. The summed E-state index contributed by atoms with van der Waals surface area (Å²) in [6.45, 7) is 0. The van der Waals surface area contributed by atoms with Crippen LogP contribution in [-0.4, -0.2) is 23.7 Å². The number of hydrogen-bond donors (Lipinski definition) is 0. The number of fused-ring (bicyclic) bond motifs is 6. The lowest BCUT2D eigenvalue weighted by Crippen LogP contribution is -2.00. The summed E-state index contributed by atoms with van der Waals surface area (Å²) in [5, 5.41) is 3.43. The third-order valence-corrected chi connectivity index (χ3v) is 10.6. The van der Waals surface area contributed by atoms with Crippen molar-refractivity contribution >= 4 is 43.9 Å². The minimum Gasteiger partial charge on any atom is -0.294 e. The van der Waals surface area contributed by atoms with Gasteiger partial charge >= 0.3 is 0 Å². The highest BCUT2D eigenvalue weighted by Gasteiger charge is 2.25. The maximum atomic E-state index is 5.49. The number of rotatable bonds is 6. The van der Waals surface area contributed by atoms with Crippen molar-refractivity contribution in [1.82, 2.24) is 23.7 Å². The minimum atomic E-state index is 0.867. The van der Waals surface area contributed by atoms with Crippen molar-refractivity contribution in [3.8, 4) is 51.0 Å². The highest BCUT2D eigenvalue weighted by atomic mass is 15.2. The Balaban J connectivity index is 1.29. The highest BCUT2D eigenvalue weighted by molar-refractivity contribution is 6.18. The lowest BCUT2D eigenvalue weighted by atomic mass is 10.0. The molecule has 4 heterocycles. The molecule has 5 heteroatoms. The van der Waals surface area contributed by atoms with Crippen LogP contribution in [0.2, 0.25) is 0 Å². The Morgan fingerprint density at radius 3 is 1.53 bits per heavy atom. The zero-order chi connectivity index (χ0) is 36.3. The molecule has 7 aromatic carbocycles. The first kappa shape index (κ1) is 31.1. The molecule has 5 nitrogen and oxygen atoms in total. The summed E-state index contributed by atoms with van der Waals surface area (Å²) >= 11 is 0. The molecule has 0 atom stereocenters. The average molecular weight is 704 g/mol. The second-order valence-electron chi connectivity index (χ2n) is 13.9. The van der Waals surface area contributed by atoms with E-state index < -0.39 is 0 Å². The summed E-state index contributed by atoms with van der Waals surface area (Å²) < 4.78 is 6.99. The van der Waals surface area contributed by atoms with E-state index in [1.165, 1.54) is 5.39 Å². The molecule has 0 aliphatic rings. The van der Waals surface area contributed by atoms with Crippen LogP contribution < -0.4 is 0 Å². The summed E-state index contributed by atoms with van der Waals surface area (Å²) in [6, 6.07) is 70.6. The second-order valence-corrected chi connectivity index (χ2v) is 13.9. The van der Waals surface area contributed by atoms with Crippen molar-refractivity contribution in [3.63, 3.8) is 0 Å². The molecule has 0 amide bonds. The summed E-state index contributed by atoms with van der Waals surface area (Å²) in [6.07, 6.45) is 0. The van der Waals surface area contributed by atoms with Crippen LogP contribution in [0.4, 0.5) is 0 Å². The fraction of sp³-hybridized carbons (Fsp3) is 0. The quantitative estimate of drug-likeness (QED) is 0.173. The lowest BCUT2D eigenvalue weighted by Gasteiger charge is -2.13. The van der Waals surface area contributed by atoms with Gasteiger partial charge in [0.2, 0.25) is 0 Å². The van der Waals surface area contributed by atoms with Gasteiger partial charge in [-0.15, -0.1) is 0 Å². The smallest absolute Gasteiger partial charge is 0.165 e. The zero-order valence-electron chi connectivity index (χ0n) is 29.8. The average Bonchev–Trinajstić information content (AvgIpc) is 3.91. The van der Waals surface area contributed by atoms with E-state index in [1.54, 1.807) is 0 Å². The Labute approximate surface area is 317 Å². The van der Waals surface area contributed by atoms with Crippen LogP contribution in [0, 0.1) is 0 Å². The number of nitrogens with zero attached hydrogens (tertiary/aromatic N) is 5. The van der Waals surface area contributed by atoms with Gasteiger partial charge in [-0.2, -0.15) is 0 Å². The first-order chi connectivity index (χ1) is 27.3. The Morgan fingerprint density at radius 2 is 0.855 bits per heavy atom. The van der Waals surface area contributed by atoms with Gasteiger partial charge in [-0.25, -0.2) is 9.97 Å². The molecule has 4 aromatic heterocycles. The molecule has 0 radical (unpaired) electrons. The van der Waals surface area contributed by atoms with E-state index in [4.69, 9.17) is 9.97 Å². The van der Waals surface area contributed by atoms with E-state index in [1.807, 2.05) is 0 Å². The number of para-hydroxylation sites is 3. The number of pyridine rings is 1. The van der Waals surface area contributed by atoms with Crippen molar-refractivity contribution in [1.29, 1.82) is 0 Å². The topological polar surface area (TPSA) is 40.6 Å². The molecule has 258 valence electrons. The predicted octanol–water partition coefficient (Wildman–Crippen LogP) is 12.5. The normalized spacial score (nSPS) is 11.6. The summed E-state index contributed by atoms with van der Waals surface area (Å²) in [5.41, 5.74) is 12.7. The van der Waals surface area contributed by atoms with Crippen molar-refractivity contribution < 1.29 is 0 Å². The fourth-order valence-corrected chi connectivity index (χ4v) is 8.18. The lowest BCUT2D eigenvalue weighted by molar-refractivity contribution is 1.08. The molecule has 0 spiro atoms. The Kier molecular flexibility index (Phi) is 7.10. The maximum absolute atomic E-state index is 5.49. The van der Waals surface area contributed by atoms with Crippen molar-refractivity contribution in [2.24, 2.45) is 0 Å². The van der Waals surface area contributed by atoms with E-state index >= 15 is 0 Å². The Bertz CT molecular complexity index is 3100. The van der Waals surface area contributed by atoms with Crippen LogP contribution in [0.3, 0.4) is 0 Å². The molecule has 0 aliphatic heterocycles. The number of imidazole rings is 1. The number of hydrogen-bond acceptors (Lipinski definition) is 2. The highest BCUT2D eigenvalue weighted by Crippen LogP contribution is 2.42. The Hall–Kier alpha value is -7.50. The van der Waals surface area contributed by atoms with E-state index in [0.717, 1.165) is 89.5 Å². The third kappa shape index (κ3) is 5.02. The summed E-state index contributed by atoms with van der Waals surface area (Å²) in [7, 11) is 0. The van der Waals surface area contributed by atoms with Gasteiger partial charge in [0, 0.05) is 38.7 Å². The van der Waals surface area contributed by atoms with Crippen molar-refractivity contribution in [3.05, 3.63) is 200 Å². The molecule has 55 heavy (non-hydrogen) atoms. The molecule has 0 aliphatic carbocycles. The molecule has 0 N–H and O–H groups in total. The van der Waals surface area contributed by atoms with Gasteiger partial charge in [0.05, 0.1) is 22.2 Å². The molecule has 0 saturated carbocycles. The zero-order valence-corrected chi connectivity index (χ0v) is 29.8. The molecule has 0 fully saturated rings. The van der Waals surface area contributed by atoms with E-state index in [2.05, 4.69) is 214 Å². The molecule has 11 aromatic rings. The fourth-order valence-electron chi connectivity index (χ4n) is 8.18. The van der Waals surface area contributed by atoms with E-state index in [9.17, 15) is 0 Å². The molecular weight excluding hydrogens is 671 g/mol. The van der Waals surface area contributed by atoms with Crippen molar-refractivity contribution in [2.45, 2.75) is 0 Å². The molecular formula is C50H33N5.